The van der Waals surface area contributed by atoms with E-state index in [4.69, 9.17) is 5.11 Å². The topological polar surface area (TPSA) is 66.4 Å². The lowest BCUT2D eigenvalue weighted by Gasteiger charge is -2.06. The van der Waals surface area contributed by atoms with Crippen LogP contribution in [0.5, 0.6) is 0 Å². The average molecular weight is 340 g/mol. The molecule has 0 atom stereocenters. The van der Waals surface area contributed by atoms with Crippen molar-refractivity contribution in [3.8, 4) is 0 Å². The summed E-state index contributed by atoms with van der Waals surface area (Å²) >= 11 is 4.73. The van der Waals surface area contributed by atoms with E-state index in [9.17, 15) is 9.59 Å². The van der Waals surface area contributed by atoms with Gasteiger partial charge in [-0.3, -0.25) is 4.79 Å². The summed E-state index contributed by atoms with van der Waals surface area (Å²) < 4.78 is 0.610. The first-order chi connectivity index (χ1) is 9.04. The minimum Gasteiger partial charge on any atom is -0.478 e. The largest absolute Gasteiger partial charge is 0.478 e. The molecule has 0 saturated heterocycles. The minimum atomic E-state index is -1.03. The maximum atomic E-state index is 11.8. The lowest BCUT2D eigenvalue weighted by molar-refractivity contribution is -0.115. The lowest BCUT2D eigenvalue weighted by Crippen LogP contribution is -2.14. The zero-order valence-corrected chi connectivity index (χ0v) is 12.1. The number of aromatic carboxylic acids is 1. The second kappa shape index (κ2) is 5.99. The molecule has 0 bridgehead atoms. The van der Waals surface area contributed by atoms with E-state index in [1.165, 1.54) is 23.5 Å². The lowest BCUT2D eigenvalue weighted by atomic mass is 10.2. The molecule has 2 rings (SSSR count). The summed E-state index contributed by atoms with van der Waals surface area (Å²) in [6.07, 6.45) is 0.284. The van der Waals surface area contributed by atoms with Crippen molar-refractivity contribution in [2.45, 2.75) is 6.42 Å². The molecule has 6 heteroatoms. The Morgan fingerprint density at radius 3 is 2.74 bits per heavy atom. The molecule has 2 aromatic rings. The second-order valence-electron chi connectivity index (χ2n) is 3.84. The molecule has 0 aliphatic rings. The predicted octanol–water partition coefficient (Wildman–Crippen LogP) is 3.39. The normalized spacial score (nSPS) is 10.2. The van der Waals surface area contributed by atoms with E-state index in [-0.39, 0.29) is 17.9 Å². The standard InChI is InChI=1S/C13H10BrNO3S/c14-9-4-8(13(17)18)5-10(6-9)15-12(16)7-11-2-1-3-19-11/h1-6H,7H2,(H,15,16)(H,17,18). The van der Waals surface area contributed by atoms with Crippen LogP contribution in [0.1, 0.15) is 15.2 Å². The first-order valence-corrected chi connectivity index (χ1v) is 7.08. The van der Waals surface area contributed by atoms with Crippen LogP contribution >= 0.6 is 27.3 Å². The fourth-order valence-corrected chi connectivity index (χ4v) is 2.76. The minimum absolute atomic E-state index is 0.126. The number of carbonyl (C=O) groups excluding carboxylic acids is 1. The number of carboxylic acids is 1. The highest BCUT2D eigenvalue weighted by molar-refractivity contribution is 9.10. The highest BCUT2D eigenvalue weighted by atomic mass is 79.9. The number of carboxylic acid groups (broad SMARTS) is 1. The SMILES string of the molecule is O=C(Cc1cccs1)Nc1cc(Br)cc(C(=O)O)c1. The molecular weight excluding hydrogens is 330 g/mol. The average Bonchev–Trinajstić information content (AvgIpc) is 2.80. The number of rotatable bonds is 4. The van der Waals surface area contributed by atoms with Gasteiger partial charge in [-0.05, 0) is 29.6 Å². The van der Waals surface area contributed by atoms with Crippen molar-refractivity contribution in [3.63, 3.8) is 0 Å². The van der Waals surface area contributed by atoms with Gasteiger partial charge in [0.2, 0.25) is 5.91 Å². The Morgan fingerprint density at radius 2 is 2.11 bits per heavy atom. The quantitative estimate of drug-likeness (QED) is 0.897. The third-order valence-electron chi connectivity index (χ3n) is 2.34. The first-order valence-electron chi connectivity index (χ1n) is 5.41. The van der Waals surface area contributed by atoms with Crippen molar-refractivity contribution < 1.29 is 14.7 Å². The number of thiophene rings is 1. The molecule has 0 aliphatic carbocycles. The molecule has 0 aliphatic heterocycles. The number of amides is 1. The Kier molecular flexibility index (Phi) is 4.34. The number of benzene rings is 1. The van der Waals surface area contributed by atoms with Crippen LogP contribution in [0.3, 0.4) is 0 Å². The van der Waals surface area contributed by atoms with E-state index in [1.54, 1.807) is 6.07 Å². The molecule has 0 unspecified atom stereocenters. The van der Waals surface area contributed by atoms with Crippen LogP contribution in [0.4, 0.5) is 5.69 Å². The number of anilines is 1. The number of halogens is 1. The van der Waals surface area contributed by atoms with Gasteiger partial charge in [-0.1, -0.05) is 22.0 Å². The first kappa shape index (κ1) is 13.8. The number of hydrogen-bond donors (Lipinski definition) is 2. The van der Waals surface area contributed by atoms with Gasteiger partial charge in [0.25, 0.3) is 0 Å². The van der Waals surface area contributed by atoms with Gasteiger partial charge in [0.05, 0.1) is 12.0 Å². The highest BCUT2D eigenvalue weighted by Gasteiger charge is 2.09. The van der Waals surface area contributed by atoms with Crippen LogP contribution in [0.2, 0.25) is 0 Å². The van der Waals surface area contributed by atoms with Gasteiger partial charge in [0.15, 0.2) is 0 Å². The van der Waals surface area contributed by atoms with Crippen molar-refractivity contribution in [3.05, 3.63) is 50.6 Å². The Labute approximate surface area is 122 Å². The van der Waals surface area contributed by atoms with Crippen molar-refractivity contribution >= 4 is 44.8 Å². The van der Waals surface area contributed by atoms with E-state index in [2.05, 4.69) is 21.2 Å². The number of carbonyl (C=O) groups is 2. The fourth-order valence-electron chi connectivity index (χ4n) is 1.56. The summed E-state index contributed by atoms with van der Waals surface area (Å²) in [5.41, 5.74) is 0.592. The second-order valence-corrected chi connectivity index (χ2v) is 5.79. The molecule has 4 nitrogen and oxygen atoms in total. The third-order valence-corrected chi connectivity index (χ3v) is 3.68. The van der Waals surface area contributed by atoms with E-state index in [1.807, 2.05) is 17.5 Å². The van der Waals surface area contributed by atoms with Gasteiger partial charge in [-0.25, -0.2) is 4.79 Å². The van der Waals surface area contributed by atoms with Crippen LogP contribution < -0.4 is 5.32 Å². The van der Waals surface area contributed by atoms with E-state index < -0.39 is 5.97 Å². The number of hydrogen-bond acceptors (Lipinski definition) is 3. The maximum absolute atomic E-state index is 11.8. The summed E-state index contributed by atoms with van der Waals surface area (Å²) in [7, 11) is 0. The number of nitrogens with one attached hydrogen (secondary N) is 1. The van der Waals surface area contributed by atoms with E-state index in [0.29, 0.717) is 10.2 Å². The summed E-state index contributed by atoms with van der Waals surface area (Å²) in [6.45, 7) is 0. The molecule has 0 spiro atoms. The monoisotopic (exact) mass is 339 g/mol. The van der Waals surface area contributed by atoms with Crippen LogP contribution in [-0.2, 0) is 11.2 Å². The van der Waals surface area contributed by atoms with Crippen LogP contribution in [0.15, 0.2) is 40.2 Å². The van der Waals surface area contributed by atoms with Gasteiger partial charge in [0.1, 0.15) is 0 Å². The van der Waals surface area contributed by atoms with Crippen molar-refractivity contribution in [2.75, 3.05) is 5.32 Å². The fraction of sp³-hybridized carbons (Fsp3) is 0.0769. The molecule has 2 N–H and O–H groups in total. The molecule has 1 aromatic carbocycles. The highest BCUT2D eigenvalue weighted by Crippen LogP contribution is 2.20. The third kappa shape index (κ3) is 3.90. The molecule has 19 heavy (non-hydrogen) atoms. The zero-order chi connectivity index (χ0) is 13.8. The van der Waals surface area contributed by atoms with Crippen LogP contribution in [0.25, 0.3) is 0 Å². The van der Waals surface area contributed by atoms with Gasteiger partial charge in [-0.2, -0.15) is 0 Å². The van der Waals surface area contributed by atoms with Gasteiger partial charge >= 0.3 is 5.97 Å². The van der Waals surface area contributed by atoms with Crippen LogP contribution in [-0.4, -0.2) is 17.0 Å². The van der Waals surface area contributed by atoms with E-state index >= 15 is 0 Å². The van der Waals surface area contributed by atoms with Crippen molar-refractivity contribution in [1.82, 2.24) is 0 Å². The molecule has 0 fully saturated rings. The molecule has 0 radical (unpaired) electrons. The van der Waals surface area contributed by atoms with Gasteiger partial charge in [-0.15, -0.1) is 11.3 Å². The van der Waals surface area contributed by atoms with Gasteiger partial charge < -0.3 is 10.4 Å². The Hall–Kier alpha value is -1.66. The summed E-state index contributed by atoms with van der Waals surface area (Å²) in [4.78, 5) is 23.7. The Bertz CT molecular complexity index is 610. The summed E-state index contributed by atoms with van der Waals surface area (Å²) in [6, 6.07) is 8.35. The Balaban J connectivity index is 2.10. The van der Waals surface area contributed by atoms with Crippen LogP contribution in [0, 0.1) is 0 Å². The summed E-state index contributed by atoms with van der Waals surface area (Å²) in [5, 5.41) is 13.5. The smallest absolute Gasteiger partial charge is 0.335 e. The molecule has 1 amide bonds. The Morgan fingerprint density at radius 1 is 1.32 bits per heavy atom. The maximum Gasteiger partial charge on any atom is 0.335 e. The van der Waals surface area contributed by atoms with Crippen molar-refractivity contribution in [2.24, 2.45) is 0 Å². The summed E-state index contributed by atoms with van der Waals surface area (Å²) in [5.74, 6) is -1.20. The van der Waals surface area contributed by atoms with Crippen molar-refractivity contribution in [1.29, 1.82) is 0 Å². The zero-order valence-electron chi connectivity index (χ0n) is 9.72. The molecule has 0 saturated carbocycles. The van der Waals surface area contributed by atoms with E-state index in [0.717, 1.165) is 4.88 Å². The molecular formula is C13H10BrNO3S. The molecule has 98 valence electrons. The molecule has 1 aromatic heterocycles. The predicted molar refractivity (Wildman–Crippen MR) is 77.8 cm³/mol. The van der Waals surface area contributed by atoms with Gasteiger partial charge in [0, 0.05) is 15.0 Å². The molecule has 1 heterocycles.